The van der Waals surface area contributed by atoms with E-state index in [4.69, 9.17) is 9.47 Å². The predicted molar refractivity (Wildman–Crippen MR) is 88.7 cm³/mol. The molecule has 0 aliphatic carbocycles. The smallest absolute Gasteiger partial charge is 0.223 e. The maximum absolute atomic E-state index is 12.3. The summed E-state index contributed by atoms with van der Waals surface area (Å²) in [6.07, 6.45) is 0.773. The highest BCUT2D eigenvalue weighted by molar-refractivity contribution is 5.85. The molecular formula is C16H25ClN2O3. The lowest BCUT2D eigenvalue weighted by Gasteiger charge is -2.21. The van der Waals surface area contributed by atoms with Gasteiger partial charge in [-0.05, 0) is 24.1 Å². The van der Waals surface area contributed by atoms with E-state index in [0.29, 0.717) is 6.42 Å². The third kappa shape index (κ3) is 4.87. The fourth-order valence-electron chi connectivity index (χ4n) is 2.58. The third-order valence-corrected chi connectivity index (χ3v) is 3.94. The van der Waals surface area contributed by atoms with Gasteiger partial charge in [0.1, 0.15) is 5.75 Å². The Bertz CT molecular complexity index is 467. The van der Waals surface area contributed by atoms with Crippen molar-refractivity contribution in [3.63, 3.8) is 0 Å². The first-order valence-corrected chi connectivity index (χ1v) is 7.31. The van der Waals surface area contributed by atoms with Gasteiger partial charge in [-0.25, -0.2) is 0 Å². The third-order valence-electron chi connectivity index (χ3n) is 3.94. The molecule has 0 bridgehead atoms. The average Bonchev–Trinajstić information content (AvgIpc) is 2.95. The Labute approximate surface area is 138 Å². The highest BCUT2D eigenvalue weighted by atomic mass is 35.5. The molecule has 6 heteroatoms. The monoisotopic (exact) mass is 328 g/mol. The van der Waals surface area contributed by atoms with E-state index in [1.807, 2.05) is 31.2 Å². The zero-order valence-corrected chi connectivity index (χ0v) is 14.1. The van der Waals surface area contributed by atoms with Crippen molar-refractivity contribution in [2.45, 2.75) is 25.5 Å². The fourth-order valence-corrected chi connectivity index (χ4v) is 2.58. The summed E-state index contributed by atoms with van der Waals surface area (Å²) in [6, 6.07) is 7.89. The summed E-state index contributed by atoms with van der Waals surface area (Å²) < 4.78 is 10.5. The number of carbonyl (C=O) groups is 1. The summed E-state index contributed by atoms with van der Waals surface area (Å²) in [5.74, 6) is 0.828. The molecular weight excluding hydrogens is 304 g/mol. The van der Waals surface area contributed by atoms with Crippen LogP contribution in [0.1, 0.15) is 12.5 Å². The van der Waals surface area contributed by atoms with Crippen molar-refractivity contribution >= 4 is 18.3 Å². The SMILES string of the molecule is COc1ccc(CC(C)C(=O)NC2CNCC2OC)cc1.Cl. The van der Waals surface area contributed by atoms with Gasteiger partial charge >= 0.3 is 0 Å². The van der Waals surface area contributed by atoms with E-state index in [1.54, 1.807) is 14.2 Å². The Morgan fingerprint density at radius 1 is 1.32 bits per heavy atom. The van der Waals surface area contributed by atoms with Gasteiger partial charge in [0.2, 0.25) is 5.91 Å². The lowest BCUT2D eigenvalue weighted by Crippen LogP contribution is -2.45. The molecule has 1 saturated heterocycles. The second-order valence-corrected chi connectivity index (χ2v) is 5.50. The lowest BCUT2D eigenvalue weighted by molar-refractivity contribution is -0.125. The molecule has 2 rings (SSSR count). The fraction of sp³-hybridized carbons (Fsp3) is 0.562. The minimum Gasteiger partial charge on any atom is -0.497 e. The molecule has 1 amide bonds. The van der Waals surface area contributed by atoms with Crippen LogP contribution in [0.3, 0.4) is 0 Å². The Morgan fingerprint density at radius 3 is 2.59 bits per heavy atom. The summed E-state index contributed by atoms with van der Waals surface area (Å²) in [6.45, 7) is 3.50. The van der Waals surface area contributed by atoms with Gasteiger partial charge < -0.3 is 20.1 Å². The van der Waals surface area contributed by atoms with E-state index in [1.165, 1.54) is 0 Å². The minimum atomic E-state index is -0.0727. The molecule has 0 radical (unpaired) electrons. The number of rotatable bonds is 6. The van der Waals surface area contributed by atoms with Crippen molar-refractivity contribution in [3.8, 4) is 5.75 Å². The van der Waals surface area contributed by atoms with E-state index in [-0.39, 0.29) is 36.4 Å². The van der Waals surface area contributed by atoms with Gasteiger partial charge in [0, 0.05) is 26.1 Å². The van der Waals surface area contributed by atoms with Gasteiger partial charge in [-0.2, -0.15) is 0 Å². The van der Waals surface area contributed by atoms with Crippen molar-refractivity contribution in [1.29, 1.82) is 0 Å². The number of hydrogen-bond donors (Lipinski definition) is 2. The number of methoxy groups -OCH3 is 2. The Hall–Kier alpha value is -1.30. The Balaban J connectivity index is 0.00000242. The molecule has 3 atom stereocenters. The van der Waals surface area contributed by atoms with Crippen LogP contribution in [0.15, 0.2) is 24.3 Å². The second kappa shape index (κ2) is 8.98. The molecule has 0 spiro atoms. The van der Waals surface area contributed by atoms with E-state index in [0.717, 1.165) is 24.4 Å². The van der Waals surface area contributed by atoms with Crippen LogP contribution in [0.4, 0.5) is 0 Å². The van der Waals surface area contributed by atoms with E-state index in [2.05, 4.69) is 10.6 Å². The van der Waals surface area contributed by atoms with E-state index in [9.17, 15) is 4.79 Å². The number of ether oxygens (including phenoxy) is 2. The predicted octanol–water partition coefficient (Wildman–Crippen LogP) is 1.40. The van der Waals surface area contributed by atoms with Gasteiger partial charge in [-0.1, -0.05) is 19.1 Å². The molecule has 22 heavy (non-hydrogen) atoms. The van der Waals surface area contributed by atoms with Crippen LogP contribution < -0.4 is 15.4 Å². The van der Waals surface area contributed by atoms with Gasteiger partial charge in [0.05, 0.1) is 19.3 Å². The van der Waals surface area contributed by atoms with Crippen LogP contribution in [-0.2, 0) is 16.0 Å². The minimum absolute atomic E-state index is 0. The number of nitrogens with one attached hydrogen (secondary N) is 2. The van der Waals surface area contributed by atoms with Crippen molar-refractivity contribution < 1.29 is 14.3 Å². The van der Waals surface area contributed by atoms with Crippen LogP contribution in [0.25, 0.3) is 0 Å². The quantitative estimate of drug-likeness (QED) is 0.828. The van der Waals surface area contributed by atoms with Gasteiger partial charge in [0.15, 0.2) is 0 Å². The highest BCUT2D eigenvalue weighted by Gasteiger charge is 2.29. The van der Waals surface area contributed by atoms with Crippen molar-refractivity contribution in [2.75, 3.05) is 27.3 Å². The Morgan fingerprint density at radius 2 is 2.00 bits per heavy atom. The number of halogens is 1. The maximum atomic E-state index is 12.3. The van der Waals surface area contributed by atoms with Crippen molar-refractivity contribution in [2.24, 2.45) is 5.92 Å². The first-order chi connectivity index (χ1) is 10.1. The lowest BCUT2D eigenvalue weighted by atomic mass is 9.99. The van der Waals surface area contributed by atoms with Crippen LogP contribution in [0.5, 0.6) is 5.75 Å². The molecule has 1 aromatic rings. The molecule has 2 N–H and O–H groups in total. The Kier molecular flexibility index (Phi) is 7.65. The molecule has 0 aromatic heterocycles. The van der Waals surface area contributed by atoms with Crippen molar-refractivity contribution in [3.05, 3.63) is 29.8 Å². The number of benzene rings is 1. The van der Waals surface area contributed by atoms with Crippen LogP contribution in [0.2, 0.25) is 0 Å². The summed E-state index contributed by atoms with van der Waals surface area (Å²) in [7, 11) is 3.32. The normalized spacial score (nSPS) is 21.8. The molecule has 1 aliphatic heterocycles. The molecule has 124 valence electrons. The van der Waals surface area contributed by atoms with Gasteiger partial charge in [-0.15, -0.1) is 12.4 Å². The number of carbonyl (C=O) groups excluding carboxylic acids is 1. The summed E-state index contributed by atoms with van der Waals surface area (Å²) in [4.78, 5) is 12.3. The molecule has 5 nitrogen and oxygen atoms in total. The van der Waals surface area contributed by atoms with Gasteiger partial charge in [0.25, 0.3) is 0 Å². The highest BCUT2D eigenvalue weighted by Crippen LogP contribution is 2.15. The molecule has 3 unspecified atom stereocenters. The number of hydrogen-bond acceptors (Lipinski definition) is 4. The topological polar surface area (TPSA) is 59.6 Å². The summed E-state index contributed by atoms with van der Waals surface area (Å²) in [5.41, 5.74) is 1.13. The molecule has 1 aromatic carbocycles. The first-order valence-electron chi connectivity index (χ1n) is 7.31. The largest absolute Gasteiger partial charge is 0.497 e. The maximum Gasteiger partial charge on any atom is 0.223 e. The van der Waals surface area contributed by atoms with E-state index >= 15 is 0 Å². The second-order valence-electron chi connectivity index (χ2n) is 5.50. The number of amides is 1. The summed E-state index contributed by atoms with van der Waals surface area (Å²) >= 11 is 0. The van der Waals surface area contributed by atoms with Crippen LogP contribution in [-0.4, -0.2) is 45.4 Å². The molecule has 1 heterocycles. The van der Waals surface area contributed by atoms with Crippen molar-refractivity contribution in [1.82, 2.24) is 10.6 Å². The van der Waals surface area contributed by atoms with Gasteiger partial charge in [-0.3, -0.25) is 4.79 Å². The zero-order chi connectivity index (χ0) is 15.2. The standard InChI is InChI=1S/C16H24N2O3.ClH/c1-11(8-12-4-6-13(20-2)7-5-12)16(19)18-14-9-17-10-15(14)21-3;/h4-7,11,14-15,17H,8-10H2,1-3H3,(H,18,19);1H. The molecule has 1 fully saturated rings. The van der Waals surface area contributed by atoms with Crippen LogP contribution >= 0.6 is 12.4 Å². The van der Waals surface area contributed by atoms with Crippen LogP contribution in [0, 0.1) is 5.92 Å². The molecule has 1 aliphatic rings. The average molecular weight is 329 g/mol. The molecule has 0 saturated carbocycles. The zero-order valence-electron chi connectivity index (χ0n) is 13.3. The summed E-state index contributed by atoms with van der Waals surface area (Å²) in [5, 5.41) is 6.30. The van der Waals surface area contributed by atoms with E-state index < -0.39 is 0 Å². The first kappa shape index (κ1) is 18.7.